The van der Waals surface area contributed by atoms with Gasteiger partial charge in [-0.05, 0) is 39.4 Å². The lowest BCUT2D eigenvalue weighted by Gasteiger charge is -2.27. The van der Waals surface area contributed by atoms with Crippen molar-refractivity contribution in [3.05, 3.63) is 0 Å². The van der Waals surface area contributed by atoms with Crippen LogP contribution in [-0.2, 0) is 4.79 Å². The topological polar surface area (TPSA) is 44.4 Å². The molecule has 0 radical (unpaired) electrons. The molecular weight excluding hydrogens is 202 g/mol. The number of hydrogen-bond donors (Lipinski definition) is 2. The summed E-state index contributed by atoms with van der Waals surface area (Å²) in [5.41, 5.74) is -0.138. The van der Waals surface area contributed by atoms with Gasteiger partial charge in [0.1, 0.15) is 0 Å². The Morgan fingerprint density at radius 2 is 2.44 bits per heavy atom. The fourth-order valence-corrected chi connectivity index (χ4v) is 2.79. The van der Waals surface area contributed by atoms with Gasteiger partial charge in [-0.25, -0.2) is 0 Å². The molecule has 2 rings (SSSR count). The van der Waals surface area contributed by atoms with Gasteiger partial charge in [0.2, 0.25) is 5.91 Å². The summed E-state index contributed by atoms with van der Waals surface area (Å²) in [5.74, 6) is 0.264. The van der Waals surface area contributed by atoms with Crippen LogP contribution in [-0.4, -0.2) is 50.1 Å². The maximum absolute atomic E-state index is 12.3. The first-order chi connectivity index (χ1) is 7.66. The molecule has 0 aromatic carbocycles. The molecule has 2 N–H and O–H groups in total. The van der Waals surface area contributed by atoms with E-state index in [1.54, 1.807) is 0 Å². The van der Waals surface area contributed by atoms with E-state index in [4.69, 9.17) is 0 Å². The highest BCUT2D eigenvalue weighted by molar-refractivity contribution is 5.83. The molecule has 16 heavy (non-hydrogen) atoms. The molecule has 92 valence electrons. The Morgan fingerprint density at radius 3 is 2.94 bits per heavy atom. The zero-order chi connectivity index (χ0) is 11.6. The number of amides is 1. The number of rotatable bonds is 3. The second kappa shape index (κ2) is 4.72. The predicted octanol–water partition coefficient (Wildman–Crippen LogP) is 0.196. The van der Waals surface area contributed by atoms with Gasteiger partial charge in [0, 0.05) is 19.1 Å². The Labute approximate surface area is 97.8 Å². The molecule has 1 amide bonds. The average Bonchev–Trinajstić information content (AvgIpc) is 2.88. The number of nitrogens with zero attached hydrogens (tertiary/aromatic N) is 1. The summed E-state index contributed by atoms with van der Waals surface area (Å²) in [6.45, 7) is 6.04. The Bertz CT molecular complexity index is 261. The molecule has 4 heteroatoms. The molecule has 2 unspecified atom stereocenters. The van der Waals surface area contributed by atoms with Crippen molar-refractivity contribution in [2.75, 3.05) is 33.2 Å². The highest BCUT2D eigenvalue weighted by Crippen LogP contribution is 2.29. The number of likely N-dealkylation sites (N-methyl/N-ethyl adjacent to an activating group) is 1. The summed E-state index contributed by atoms with van der Waals surface area (Å²) in [7, 11) is 2.11. The standard InChI is InChI=1S/C12H23N3O/c1-3-12(5-6-13-9-12)11(16)14-10-4-7-15(2)8-10/h10,13H,3-9H2,1-2H3,(H,14,16). The third kappa shape index (κ3) is 2.23. The number of carbonyl (C=O) groups excluding carboxylic acids is 1. The van der Waals surface area contributed by atoms with Gasteiger partial charge >= 0.3 is 0 Å². The van der Waals surface area contributed by atoms with E-state index >= 15 is 0 Å². The van der Waals surface area contributed by atoms with E-state index in [0.29, 0.717) is 6.04 Å². The SMILES string of the molecule is CCC1(C(=O)NC2CCN(C)C2)CCNC1. The predicted molar refractivity (Wildman–Crippen MR) is 64.3 cm³/mol. The number of likely N-dealkylation sites (tertiary alicyclic amines) is 1. The van der Waals surface area contributed by atoms with Crippen molar-refractivity contribution < 1.29 is 4.79 Å². The third-order valence-electron chi connectivity index (χ3n) is 4.13. The zero-order valence-electron chi connectivity index (χ0n) is 10.4. The van der Waals surface area contributed by atoms with Crippen molar-refractivity contribution >= 4 is 5.91 Å². The van der Waals surface area contributed by atoms with Gasteiger partial charge in [-0.3, -0.25) is 4.79 Å². The minimum Gasteiger partial charge on any atom is -0.352 e. The van der Waals surface area contributed by atoms with Crippen LogP contribution in [0.3, 0.4) is 0 Å². The van der Waals surface area contributed by atoms with Gasteiger partial charge in [-0.15, -0.1) is 0 Å². The van der Waals surface area contributed by atoms with Crippen LogP contribution in [0.4, 0.5) is 0 Å². The van der Waals surface area contributed by atoms with Crippen molar-refractivity contribution in [3.8, 4) is 0 Å². The Hall–Kier alpha value is -0.610. The van der Waals surface area contributed by atoms with E-state index in [1.807, 2.05) is 0 Å². The minimum atomic E-state index is -0.138. The van der Waals surface area contributed by atoms with E-state index in [2.05, 4.69) is 29.5 Å². The van der Waals surface area contributed by atoms with E-state index in [-0.39, 0.29) is 11.3 Å². The van der Waals surface area contributed by atoms with E-state index in [0.717, 1.165) is 45.4 Å². The maximum Gasteiger partial charge on any atom is 0.227 e. The van der Waals surface area contributed by atoms with Crippen molar-refractivity contribution in [1.29, 1.82) is 0 Å². The minimum absolute atomic E-state index is 0.138. The summed E-state index contributed by atoms with van der Waals surface area (Å²) in [5, 5.41) is 6.53. The maximum atomic E-state index is 12.3. The Balaban J connectivity index is 1.91. The van der Waals surface area contributed by atoms with Crippen LogP contribution in [0.15, 0.2) is 0 Å². The van der Waals surface area contributed by atoms with Crippen molar-refractivity contribution in [1.82, 2.24) is 15.5 Å². The smallest absolute Gasteiger partial charge is 0.227 e. The molecule has 0 aromatic rings. The summed E-state index contributed by atoms with van der Waals surface area (Å²) < 4.78 is 0. The number of hydrogen-bond acceptors (Lipinski definition) is 3. The van der Waals surface area contributed by atoms with Crippen LogP contribution in [0.25, 0.3) is 0 Å². The molecule has 0 spiro atoms. The molecular formula is C12H23N3O. The average molecular weight is 225 g/mol. The molecule has 0 saturated carbocycles. The number of nitrogens with one attached hydrogen (secondary N) is 2. The second-order valence-electron chi connectivity index (χ2n) is 5.28. The van der Waals surface area contributed by atoms with Gasteiger partial charge < -0.3 is 15.5 Å². The summed E-state index contributed by atoms with van der Waals surface area (Å²) in [6, 6.07) is 0.363. The molecule has 0 aliphatic carbocycles. The molecule has 2 atom stereocenters. The fourth-order valence-electron chi connectivity index (χ4n) is 2.79. The molecule has 4 nitrogen and oxygen atoms in total. The van der Waals surface area contributed by atoms with Gasteiger partial charge in [-0.1, -0.05) is 6.92 Å². The van der Waals surface area contributed by atoms with Crippen LogP contribution >= 0.6 is 0 Å². The van der Waals surface area contributed by atoms with Crippen LogP contribution in [0.1, 0.15) is 26.2 Å². The Morgan fingerprint density at radius 1 is 1.62 bits per heavy atom. The normalized spacial score (nSPS) is 35.5. The quantitative estimate of drug-likeness (QED) is 0.721. The summed E-state index contributed by atoms with van der Waals surface area (Å²) >= 11 is 0. The summed E-state index contributed by atoms with van der Waals surface area (Å²) in [6.07, 6.45) is 3.02. The monoisotopic (exact) mass is 225 g/mol. The van der Waals surface area contributed by atoms with E-state index in [9.17, 15) is 4.79 Å². The van der Waals surface area contributed by atoms with Crippen molar-refractivity contribution in [3.63, 3.8) is 0 Å². The fraction of sp³-hybridized carbons (Fsp3) is 0.917. The second-order valence-corrected chi connectivity index (χ2v) is 5.28. The lowest BCUT2D eigenvalue weighted by molar-refractivity contribution is -0.130. The van der Waals surface area contributed by atoms with E-state index in [1.165, 1.54) is 0 Å². The first kappa shape index (κ1) is 11.9. The van der Waals surface area contributed by atoms with Gasteiger partial charge in [0.25, 0.3) is 0 Å². The summed E-state index contributed by atoms with van der Waals surface area (Å²) in [4.78, 5) is 14.6. The first-order valence-corrected chi connectivity index (χ1v) is 6.36. The lowest BCUT2D eigenvalue weighted by atomic mass is 9.83. The largest absolute Gasteiger partial charge is 0.352 e. The first-order valence-electron chi connectivity index (χ1n) is 6.36. The van der Waals surface area contributed by atoms with Gasteiger partial charge in [-0.2, -0.15) is 0 Å². The molecule has 2 heterocycles. The number of carbonyl (C=O) groups is 1. The highest BCUT2D eigenvalue weighted by atomic mass is 16.2. The van der Waals surface area contributed by atoms with Crippen LogP contribution < -0.4 is 10.6 Å². The van der Waals surface area contributed by atoms with Gasteiger partial charge in [0.05, 0.1) is 5.41 Å². The lowest BCUT2D eigenvalue weighted by Crippen LogP contribution is -2.47. The molecule has 2 fully saturated rings. The molecule has 0 bridgehead atoms. The van der Waals surface area contributed by atoms with E-state index < -0.39 is 0 Å². The molecule has 2 aliphatic rings. The molecule has 2 aliphatic heterocycles. The third-order valence-corrected chi connectivity index (χ3v) is 4.13. The van der Waals surface area contributed by atoms with Crippen molar-refractivity contribution in [2.45, 2.75) is 32.2 Å². The highest BCUT2D eigenvalue weighted by Gasteiger charge is 2.40. The van der Waals surface area contributed by atoms with Crippen LogP contribution in [0.2, 0.25) is 0 Å². The Kier molecular flexibility index (Phi) is 3.50. The zero-order valence-corrected chi connectivity index (χ0v) is 10.4. The van der Waals surface area contributed by atoms with Gasteiger partial charge in [0.15, 0.2) is 0 Å². The molecule has 0 aromatic heterocycles. The van der Waals surface area contributed by atoms with Crippen LogP contribution in [0, 0.1) is 5.41 Å². The van der Waals surface area contributed by atoms with Crippen LogP contribution in [0.5, 0.6) is 0 Å². The molecule has 2 saturated heterocycles. The van der Waals surface area contributed by atoms with Crippen molar-refractivity contribution in [2.24, 2.45) is 5.41 Å².